The van der Waals surface area contributed by atoms with Gasteiger partial charge in [0.1, 0.15) is 35.4 Å². The summed E-state index contributed by atoms with van der Waals surface area (Å²) in [6.07, 6.45) is 5.51. The van der Waals surface area contributed by atoms with Crippen molar-refractivity contribution < 1.29 is 23.5 Å². The number of carbonyl (C=O) groups excluding carboxylic acids is 2. The Kier molecular flexibility index (Phi) is 7.57. The first kappa shape index (κ1) is 25.3. The van der Waals surface area contributed by atoms with Gasteiger partial charge >= 0.3 is 0 Å². The summed E-state index contributed by atoms with van der Waals surface area (Å²) in [5, 5.41) is 11.5. The quantitative estimate of drug-likeness (QED) is 0.340. The average Bonchev–Trinajstić information content (AvgIpc) is 3.71. The topological polar surface area (TPSA) is 112 Å². The van der Waals surface area contributed by atoms with Crippen molar-refractivity contribution in [3.63, 3.8) is 0 Å². The van der Waals surface area contributed by atoms with E-state index in [2.05, 4.69) is 15.6 Å². The van der Waals surface area contributed by atoms with Gasteiger partial charge in [0, 0.05) is 12.1 Å². The van der Waals surface area contributed by atoms with Crippen LogP contribution in [0.5, 0.6) is 11.5 Å². The van der Waals surface area contributed by atoms with Crippen LogP contribution in [-0.4, -0.2) is 52.0 Å². The highest BCUT2D eigenvalue weighted by molar-refractivity contribution is 5.89. The van der Waals surface area contributed by atoms with Gasteiger partial charge in [-0.15, -0.1) is 5.10 Å². The number of hydrogen-bond acceptors (Lipinski definition) is 7. The number of nitrogens with one attached hydrogen (secondary N) is 1. The Morgan fingerprint density at radius 2 is 1.82 bits per heavy atom. The third-order valence-corrected chi connectivity index (χ3v) is 6.88. The van der Waals surface area contributed by atoms with Crippen LogP contribution in [0, 0.1) is 0 Å². The number of aromatic nitrogens is 3. The van der Waals surface area contributed by atoms with Gasteiger partial charge in [0.05, 0.1) is 32.5 Å². The van der Waals surface area contributed by atoms with E-state index in [9.17, 15) is 9.59 Å². The van der Waals surface area contributed by atoms with Crippen molar-refractivity contribution in [2.75, 3.05) is 14.2 Å². The van der Waals surface area contributed by atoms with Gasteiger partial charge in [-0.2, -0.15) is 0 Å². The molecule has 0 saturated heterocycles. The zero-order valence-corrected chi connectivity index (χ0v) is 21.5. The first-order valence-corrected chi connectivity index (χ1v) is 12.7. The third kappa shape index (κ3) is 5.49. The summed E-state index contributed by atoms with van der Waals surface area (Å²) in [6, 6.07) is 15.3. The van der Waals surface area contributed by atoms with Gasteiger partial charge in [-0.1, -0.05) is 30.2 Å². The normalized spacial score (nSPS) is 14.4. The smallest absolute Gasteiger partial charge is 0.247 e. The van der Waals surface area contributed by atoms with Gasteiger partial charge in [-0.25, -0.2) is 4.68 Å². The van der Waals surface area contributed by atoms with Crippen LogP contribution in [0.1, 0.15) is 43.0 Å². The van der Waals surface area contributed by atoms with Crippen molar-refractivity contribution in [1.29, 1.82) is 0 Å². The molecule has 0 aliphatic heterocycles. The van der Waals surface area contributed by atoms with Gasteiger partial charge in [-0.05, 0) is 54.8 Å². The lowest BCUT2D eigenvalue weighted by Crippen LogP contribution is -2.46. The number of fused-ring (bicyclic) bond motifs is 1. The minimum atomic E-state index is -0.966. The van der Waals surface area contributed by atoms with Crippen LogP contribution in [0.4, 0.5) is 0 Å². The molecule has 5 rings (SSSR count). The highest BCUT2D eigenvalue weighted by Crippen LogP contribution is 2.32. The Labute approximate surface area is 220 Å². The number of benzene rings is 2. The second-order valence-electron chi connectivity index (χ2n) is 9.38. The molecular weight excluding hydrogens is 486 g/mol. The van der Waals surface area contributed by atoms with E-state index in [0.29, 0.717) is 28.3 Å². The van der Waals surface area contributed by atoms with Crippen molar-refractivity contribution >= 4 is 22.8 Å². The van der Waals surface area contributed by atoms with E-state index in [1.165, 1.54) is 4.90 Å². The monoisotopic (exact) mass is 517 g/mol. The molecule has 2 amide bonds. The van der Waals surface area contributed by atoms with E-state index >= 15 is 0 Å². The third-order valence-electron chi connectivity index (χ3n) is 6.88. The lowest BCUT2D eigenvalue weighted by atomic mass is 10.0. The van der Waals surface area contributed by atoms with Crippen LogP contribution >= 0.6 is 0 Å². The molecular formula is C28H31N5O5. The van der Waals surface area contributed by atoms with Crippen LogP contribution in [0.3, 0.4) is 0 Å². The average molecular weight is 518 g/mol. The number of rotatable bonds is 10. The summed E-state index contributed by atoms with van der Waals surface area (Å²) in [6.45, 7) is -0.0176. The minimum Gasteiger partial charge on any atom is -0.497 e. The molecule has 10 heteroatoms. The van der Waals surface area contributed by atoms with Gasteiger partial charge in [0.25, 0.3) is 0 Å². The van der Waals surface area contributed by atoms with E-state index in [1.54, 1.807) is 55.5 Å². The molecule has 0 radical (unpaired) electrons. The van der Waals surface area contributed by atoms with E-state index in [0.717, 1.165) is 31.2 Å². The van der Waals surface area contributed by atoms with E-state index in [4.69, 9.17) is 13.9 Å². The number of carbonyl (C=O) groups is 2. The largest absolute Gasteiger partial charge is 0.497 e. The van der Waals surface area contributed by atoms with E-state index in [1.807, 2.05) is 24.3 Å². The Morgan fingerprint density at radius 3 is 2.50 bits per heavy atom. The maximum absolute atomic E-state index is 14.0. The van der Waals surface area contributed by atoms with Crippen LogP contribution in [0.2, 0.25) is 0 Å². The molecule has 2 aromatic carbocycles. The van der Waals surface area contributed by atoms with Crippen LogP contribution in [0.15, 0.2) is 65.3 Å². The van der Waals surface area contributed by atoms with Crippen LogP contribution < -0.4 is 14.8 Å². The van der Waals surface area contributed by atoms with E-state index in [-0.39, 0.29) is 30.9 Å². The SMILES string of the molecule is COc1cc(OC)cc(C(C(=O)NC2CCCC2)N(Cc2ccco2)C(=O)Cn2nnc3ccccc32)c1. The molecule has 0 spiro atoms. The number of amides is 2. The van der Waals surface area contributed by atoms with Gasteiger partial charge < -0.3 is 24.1 Å². The first-order chi connectivity index (χ1) is 18.6. The molecule has 1 aliphatic rings. The number of hydrogen-bond donors (Lipinski definition) is 1. The summed E-state index contributed by atoms with van der Waals surface area (Å²) < 4.78 is 18.1. The summed E-state index contributed by atoms with van der Waals surface area (Å²) in [5.74, 6) is 1.01. The van der Waals surface area contributed by atoms with Gasteiger partial charge in [0.2, 0.25) is 11.8 Å². The first-order valence-electron chi connectivity index (χ1n) is 12.7. The zero-order chi connectivity index (χ0) is 26.5. The molecule has 38 heavy (non-hydrogen) atoms. The summed E-state index contributed by atoms with van der Waals surface area (Å²) in [4.78, 5) is 29.5. The minimum absolute atomic E-state index is 0.0670. The number of ether oxygens (including phenoxy) is 2. The fourth-order valence-electron chi connectivity index (χ4n) is 4.96. The Hall–Kier alpha value is -4.34. The Bertz CT molecular complexity index is 1370. The highest BCUT2D eigenvalue weighted by atomic mass is 16.5. The summed E-state index contributed by atoms with van der Waals surface area (Å²) >= 11 is 0. The molecule has 0 bridgehead atoms. The maximum Gasteiger partial charge on any atom is 0.247 e. The lowest BCUT2D eigenvalue weighted by molar-refractivity contribution is -0.142. The number of para-hydroxylation sites is 1. The molecule has 2 heterocycles. The second-order valence-corrected chi connectivity index (χ2v) is 9.38. The van der Waals surface area contributed by atoms with Crippen LogP contribution in [0.25, 0.3) is 11.0 Å². The Morgan fingerprint density at radius 1 is 1.08 bits per heavy atom. The van der Waals surface area contributed by atoms with Crippen LogP contribution in [-0.2, 0) is 22.7 Å². The highest BCUT2D eigenvalue weighted by Gasteiger charge is 2.35. The maximum atomic E-state index is 14.0. The van der Waals surface area contributed by atoms with Crippen molar-refractivity contribution in [2.45, 2.75) is 50.9 Å². The van der Waals surface area contributed by atoms with Crippen molar-refractivity contribution in [3.05, 3.63) is 72.2 Å². The second kappa shape index (κ2) is 11.4. The predicted octanol–water partition coefficient (Wildman–Crippen LogP) is 3.87. The molecule has 1 N–H and O–H groups in total. The zero-order valence-electron chi connectivity index (χ0n) is 21.5. The molecule has 1 saturated carbocycles. The summed E-state index contributed by atoms with van der Waals surface area (Å²) in [5.41, 5.74) is 1.99. The van der Waals surface area contributed by atoms with Crippen molar-refractivity contribution in [2.24, 2.45) is 0 Å². The molecule has 2 aromatic heterocycles. The van der Waals surface area contributed by atoms with Crippen molar-refractivity contribution in [3.8, 4) is 11.5 Å². The van der Waals surface area contributed by atoms with Crippen molar-refractivity contribution in [1.82, 2.24) is 25.2 Å². The van der Waals surface area contributed by atoms with Gasteiger partial charge in [0.15, 0.2) is 0 Å². The fraction of sp³-hybridized carbons (Fsp3) is 0.357. The standard InChI is InChI=1S/C28H31N5O5/c1-36-22-14-19(15-23(16-22)37-2)27(28(35)29-20-8-3-4-9-20)32(17-21-10-7-13-38-21)26(34)18-33-25-12-6-5-11-24(25)30-31-33/h5-7,10-16,20,27H,3-4,8-9,17-18H2,1-2H3,(H,29,35). The molecule has 4 aromatic rings. The molecule has 1 fully saturated rings. The number of methoxy groups -OCH3 is 2. The number of furan rings is 1. The Balaban J connectivity index is 1.55. The molecule has 1 aliphatic carbocycles. The van der Waals surface area contributed by atoms with E-state index < -0.39 is 6.04 Å². The lowest BCUT2D eigenvalue weighted by Gasteiger charge is -2.32. The molecule has 1 unspecified atom stereocenters. The number of nitrogens with zero attached hydrogens (tertiary/aromatic N) is 4. The molecule has 1 atom stereocenters. The fourth-order valence-corrected chi connectivity index (χ4v) is 4.96. The molecule has 198 valence electrons. The predicted molar refractivity (Wildman–Crippen MR) is 139 cm³/mol. The molecule has 10 nitrogen and oxygen atoms in total. The summed E-state index contributed by atoms with van der Waals surface area (Å²) in [7, 11) is 3.10. The van der Waals surface area contributed by atoms with Gasteiger partial charge in [-0.3, -0.25) is 9.59 Å².